The number of nitrogens with one attached hydrogen (secondary N) is 1. The molecule has 1 amide bonds. The highest BCUT2D eigenvalue weighted by Gasteiger charge is 2.21. The first-order chi connectivity index (χ1) is 14.4. The average Bonchev–Trinajstić information content (AvgIpc) is 3.30. The summed E-state index contributed by atoms with van der Waals surface area (Å²) in [6, 6.07) is 21.5. The Labute approximate surface area is 182 Å². The second-order valence-corrected chi connectivity index (χ2v) is 10.4. The molecule has 0 radical (unpaired) electrons. The smallest absolute Gasteiger partial charge is 0.252 e. The Hall–Kier alpha value is -2.48. The van der Waals surface area contributed by atoms with Gasteiger partial charge in [0.1, 0.15) is 4.21 Å². The molecule has 1 N–H and O–H groups in total. The van der Waals surface area contributed by atoms with E-state index in [2.05, 4.69) is 29.6 Å². The van der Waals surface area contributed by atoms with Crippen LogP contribution >= 0.6 is 11.3 Å². The Kier molecular flexibility index (Phi) is 7.42. The number of sulfonamides is 1. The maximum absolute atomic E-state index is 12.4. The quantitative estimate of drug-likeness (QED) is 0.523. The Bertz CT molecular complexity index is 1050. The van der Waals surface area contributed by atoms with Gasteiger partial charge in [-0.2, -0.15) is 0 Å². The van der Waals surface area contributed by atoms with E-state index in [-0.39, 0.29) is 18.4 Å². The van der Waals surface area contributed by atoms with Crippen molar-refractivity contribution < 1.29 is 13.2 Å². The van der Waals surface area contributed by atoms with Crippen molar-refractivity contribution in [3.63, 3.8) is 0 Å². The largest absolute Gasteiger partial charge is 0.350 e. The van der Waals surface area contributed by atoms with Crippen LogP contribution in [0.3, 0.4) is 0 Å². The SMILES string of the molecule is CC(NC(=O)CCCN(C)S(=O)(=O)c1cccs1)c1ccc(-c2ccccc2)cc1. The molecule has 3 rings (SSSR count). The molecule has 0 aliphatic rings. The van der Waals surface area contributed by atoms with Crippen LogP contribution in [-0.4, -0.2) is 32.2 Å². The van der Waals surface area contributed by atoms with Gasteiger partial charge in [0, 0.05) is 20.0 Å². The van der Waals surface area contributed by atoms with Gasteiger partial charge in [-0.3, -0.25) is 4.79 Å². The van der Waals surface area contributed by atoms with Crippen molar-refractivity contribution in [3.8, 4) is 11.1 Å². The molecule has 0 saturated carbocycles. The summed E-state index contributed by atoms with van der Waals surface area (Å²) in [5, 5.41) is 4.73. The fourth-order valence-electron chi connectivity index (χ4n) is 3.14. The minimum atomic E-state index is -3.47. The van der Waals surface area contributed by atoms with Crippen molar-refractivity contribution >= 4 is 27.3 Å². The lowest BCUT2D eigenvalue weighted by atomic mass is 10.0. The van der Waals surface area contributed by atoms with Gasteiger partial charge in [0.25, 0.3) is 10.0 Å². The van der Waals surface area contributed by atoms with Crippen LogP contribution in [0.5, 0.6) is 0 Å². The first-order valence-corrected chi connectivity index (χ1v) is 12.1. The molecule has 0 fully saturated rings. The van der Waals surface area contributed by atoms with Gasteiger partial charge in [-0.15, -0.1) is 11.3 Å². The van der Waals surface area contributed by atoms with Gasteiger partial charge in [0.15, 0.2) is 0 Å². The van der Waals surface area contributed by atoms with E-state index >= 15 is 0 Å². The second kappa shape index (κ2) is 10.0. The summed E-state index contributed by atoms with van der Waals surface area (Å²) in [5.74, 6) is -0.0865. The molecular formula is C23H26N2O3S2. The van der Waals surface area contributed by atoms with Crippen molar-refractivity contribution in [2.24, 2.45) is 0 Å². The number of carbonyl (C=O) groups excluding carboxylic acids is 1. The number of carbonyl (C=O) groups is 1. The first-order valence-electron chi connectivity index (χ1n) is 9.82. The number of amides is 1. The molecule has 3 aromatic rings. The van der Waals surface area contributed by atoms with E-state index in [9.17, 15) is 13.2 Å². The van der Waals surface area contributed by atoms with Crippen LogP contribution < -0.4 is 5.32 Å². The van der Waals surface area contributed by atoms with Gasteiger partial charge in [-0.1, -0.05) is 60.7 Å². The third kappa shape index (κ3) is 5.56. The lowest BCUT2D eigenvalue weighted by Gasteiger charge is -2.17. The molecule has 158 valence electrons. The third-order valence-electron chi connectivity index (χ3n) is 4.93. The Morgan fingerprint density at radius 2 is 1.67 bits per heavy atom. The van der Waals surface area contributed by atoms with Gasteiger partial charge in [-0.05, 0) is 41.5 Å². The van der Waals surface area contributed by atoms with E-state index in [1.807, 2.05) is 37.3 Å². The monoisotopic (exact) mass is 442 g/mol. The van der Waals surface area contributed by atoms with Crippen LogP contribution in [0.4, 0.5) is 0 Å². The van der Waals surface area contributed by atoms with Gasteiger partial charge in [0.05, 0.1) is 6.04 Å². The van der Waals surface area contributed by atoms with Gasteiger partial charge >= 0.3 is 0 Å². The lowest BCUT2D eigenvalue weighted by molar-refractivity contribution is -0.121. The zero-order chi connectivity index (χ0) is 21.6. The summed E-state index contributed by atoms with van der Waals surface area (Å²) in [5.41, 5.74) is 3.32. The van der Waals surface area contributed by atoms with Crippen LogP contribution in [0, 0.1) is 0 Å². The fraction of sp³-hybridized carbons (Fsp3) is 0.261. The van der Waals surface area contributed by atoms with Gasteiger partial charge in [-0.25, -0.2) is 12.7 Å². The lowest BCUT2D eigenvalue weighted by Crippen LogP contribution is -2.30. The molecule has 0 aliphatic carbocycles. The molecule has 30 heavy (non-hydrogen) atoms. The second-order valence-electron chi connectivity index (χ2n) is 7.14. The summed E-state index contributed by atoms with van der Waals surface area (Å²) in [6.45, 7) is 2.25. The normalized spacial score (nSPS) is 12.6. The van der Waals surface area contributed by atoms with Crippen LogP contribution in [0.15, 0.2) is 76.3 Å². The summed E-state index contributed by atoms with van der Waals surface area (Å²) < 4.78 is 26.4. The standard InChI is InChI=1S/C23H26N2O3S2/c1-18(19-12-14-21(15-13-19)20-8-4-3-5-9-20)24-22(26)10-6-16-25(2)30(27,28)23-11-7-17-29-23/h3-5,7-9,11-15,17-18H,6,10,16H2,1-2H3,(H,24,26). The number of benzene rings is 2. The van der Waals surface area contributed by atoms with Crippen LogP contribution in [0.25, 0.3) is 11.1 Å². The molecule has 0 saturated heterocycles. The topological polar surface area (TPSA) is 66.5 Å². The van der Waals surface area contributed by atoms with Crippen molar-refractivity contribution in [1.29, 1.82) is 0 Å². The van der Waals surface area contributed by atoms with Crippen LogP contribution in [0.1, 0.15) is 31.4 Å². The molecule has 7 heteroatoms. The van der Waals surface area contributed by atoms with E-state index in [1.54, 1.807) is 24.6 Å². The number of nitrogens with zero attached hydrogens (tertiary/aromatic N) is 1. The molecule has 1 heterocycles. The van der Waals surface area contributed by atoms with Crippen LogP contribution in [0.2, 0.25) is 0 Å². The zero-order valence-electron chi connectivity index (χ0n) is 17.1. The van der Waals surface area contributed by atoms with E-state index < -0.39 is 10.0 Å². The van der Waals surface area contributed by atoms with E-state index in [1.165, 1.54) is 15.6 Å². The summed E-state index contributed by atoms with van der Waals surface area (Å²) in [4.78, 5) is 12.3. The Morgan fingerprint density at radius 3 is 2.30 bits per heavy atom. The molecular weight excluding hydrogens is 416 g/mol. The number of hydrogen-bond donors (Lipinski definition) is 1. The molecule has 0 bridgehead atoms. The molecule has 0 aliphatic heterocycles. The highest BCUT2D eigenvalue weighted by Crippen LogP contribution is 2.22. The first kappa shape index (κ1) is 22.2. The molecule has 5 nitrogen and oxygen atoms in total. The van der Waals surface area contributed by atoms with E-state index in [4.69, 9.17) is 0 Å². The minimum absolute atomic E-state index is 0.0865. The Morgan fingerprint density at radius 1 is 1.00 bits per heavy atom. The third-order valence-corrected chi connectivity index (χ3v) is 8.16. The summed E-state index contributed by atoms with van der Waals surface area (Å²) in [7, 11) is -1.92. The minimum Gasteiger partial charge on any atom is -0.350 e. The van der Waals surface area contributed by atoms with Crippen LogP contribution in [-0.2, 0) is 14.8 Å². The molecule has 1 aromatic heterocycles. The van der Waals surface area contributed by atoms with Crippen molar-refractivity contribution in [2.45, 2.75) is 30.0 Å². The Balaban J connectivity index is 1.48. The van der Waals surface area contributed by atoms with Crippen molar-refractivity contribution in [2.75, 3.05) is 13.6 Å². The zero-order valence-corrected chi connectivity index (χ0v) is 18.7. The van der Waals surface area contributed by atoms with Crippen molar-refractivity contribution in [1.82, 2.24) is 9.62 Å². The average molecular weight is 443 g/mol. The molecule has 1 atom stereocenters. The van der Waals surface area contributed by atoms with Gasteiger partial charge in [0.2, 0.25) is 5.91 Å². The van der Waals surface area contributed by atoms with E-state index in [0.717, 1.165) is 16.7 Å². The number of rotatable bonds is 9. The van der Waals surface area contributed by atoms with Gasteiger partial charge < -0.3 is 5.32 Å². The van der Waals surface area contributed by atoms with Crippen molar-refractivity contribution in [3.05, 3.63) is 77.7 Å². The highest BCUT2D eigenvalue weighted by atomic mass is 32.2. The maximum Gasteiger partial charge on any atom is 0.252 e. The highest BCUT2D eigenvalue weighted by molar-refractivity contribution is 7.91. The predicted octanol–water partition coefficient (Wildman–Crippen LogP) is 4.69. The summed E-state index contributed by atoms with van der Waals surface area (Å²) in [6.07, 6.45) is 0.739. The molecule has 1 unspecified atom stereocenters. The maximum atomic E-state index is 12.4. The number of hydrogen-bond acceptors (Lipinski definition) is 4. The summed E-state index contributed by atoms with van der Waals surface area (Å²) >= 11 is 1.19. The predicted molar refractivity (Wildman–Crippen MR) is 122 cm³/mol. The molecule has 0 spiro atoms. The van der Waals surface area contributed by atoms with E-state index in [0.29, 0.717) is 17.2 Å². The molecule has 2 aromatic carbocycles. The number of thiophene rings is 1. The fourth-order valence-corrected chi connectivity index (χ4v) is 5.55.